The molecule has 0 unspecified atom stereocenters. The van der Waals surface area contributed by atoms with E-state index in [1.54, 1.807) is 12.1 Å². The van der Waals surface area contributed by atoms with E-state index < -0.39 is 23.4 Å². The van der Waals surface area contributed by atoms with Crippen LogP contribution in [0.1, 0.15) is 32.3 Å². The molecule has 1 N–H and O–H groups in total. The molecule has 6 heteroatoms. The lowest BCUT2D eigenvalue weighted by molar-refractivity contribution is -0.120. The molecule has 2 rings (SSSR count). The van der Waals surface area contributed by atoms with Crippen molar-refractivity contribution in [3.8, 4) is 0 Å². The quantitative estimate of drug-likeness (QED) is 0.887. The van der Waals surface area contributed by atoms with Crippen LogP contribution in [0.5, 0.6) is 0 Å². The van der Waals surface area contributed by atoms with E-state index >= 15 is 0 Å². The number of benzene rings is 2. The molecule has 0 aliphatic rings. The summed E-state index contributed by atoms with van der Waals surface area (Å²) in [5.41, 5.74) is 1.87. The van der Waals surface area contributed by atoms with Gasteiger partial charge in [-0.25, -0.2) is 8.78 Å². The first-order valence-electron chi connectivity index (χ1n) is 7.91. The van der Waals surface area contributed by atoms with Crippen molar-refractivity contribution >= 4 is 23.2 Å². The number of anilines is 2. The van der Waals surface area contributed by atoms with Crippen LogP contribution in [-0.2, 0) is 9.59 Å². The van der Waals surface area contributed by atoms with E-state index in [2.05, 4.69) is 19.2 Å². The van der Waals surface area contributed by atoms with Crippen LogP contribution in [0.2, 0.25) is 0 Å². The van der Waals surface area contributed by atoms with Gasteiger partial charge >= 0.3 is 0 Å². The Hall–Kier alpha value is -2.76. The minimum absolute atomic E-state index is 0.122. The summed E-state index contributed by atoms with van der Waals surface area (Å²) < 4.78 is 26.4. The summed E-state index contributed by atoms with van der Waals surface area (Å²) in [6, 6.07) is 10.5. The first kappa shape index (κ1) is 18.6. The number of carbonyl (C=O) groups excluding carboxylic acids is 2. The third kappa shape index (κ3) is 4.86. The average molecular weight is 346 g/mol. The molecule has 0 aliphatic carbocycles. The molecule has 0 bridgehead atoms. The van der Waals surface area contributed by atoms with E-state index in [9.17, 15) is 18.4 Å². The standard InChI is InChI=1S/C19H20F2N2O2/c1-12(2)14-4-6-15(7-5-14)22-19(25)11-23(13(3)24)16-8-9-17(20)18(21)10-16/h4-10,12H,11H2,1-3H3,(H,22,25). The van der Waals surface area contributed by atoms with Gasteiger partial charge in [-0.2, -0.15) is 0 Å². The number of carbonyl (C=O) groups is 2. The topological polar surface area (TPSA) is 49.4 Å². The first-order valence-corrected chi connectivity index (χ1v) is 7.91. The van der Waals surface area contributed by atoms with Gasteiger partial charge in [-0.15, -0.1) is 0 Å². The fourth-order valence-corrected chi connectivity index (χ4v) is 2.33. The van der Waals surface area contributed by atoms with Gasteiger partial charge in [0.2, 0.25) is 11.8 Å². The van der Waals surface area contributed by atoms with Gasteiger partial charge in [0.05, 0.1) is 0 Å². The maximum absolute atomic E-state index is 13.4. The fourth-order valence-electron chi connectivity index (χ4n) is 2.33. The Bertz CT molecular complexity index is 773. The number of nitrogens with one attached hydrogen (secondary N) is 1. The molecule has 0 spiro atoms. The Balaban J connectivity index is 2.09. The Kier molecular flexibility index (Phi) is 5.85. The van der Waals surface area contributed by atoms with Gasteiger partial charge in [-0.3, -0.25) is 9.59 Å². The van der Waals surface area contributed by atoms with Crippen LogP contribution in [0, 0.1) is 11.6 Å². The van der Waals surface area contributed by atoms with E-state index in [1.807, 2.05) is 12.1 Å². The van der Waals surface area contributed by atoms with Gasteiger partial charge in [-0.05, 0) is 35.7 Å². The zero-order valence-corrected chi connectivity index (χ0v) is 14.3. The minimum Gasteiger partial charge on any atom is -0.325 e. The van der Waals surface area contributed by atoms with E-state index in [0.29, 0.717) is 11.6 Å². The van der Waals surface area contributed by atoms with Crippen molar-refractivity contribution in [2.24, 2.45) is 0 Å². The molecule has 132 valence electrons. The Morgan fingerprint density at radius 2 is 1.68 bits per heavy atom. The van der Waals surface area contributed by atoms with Gasteiger partial charge in [-0.1, -0.05) is 26.0 Å². The molecule has 0 aliphatic heterocycles. The molecule has 0 heterocycles. The molecule has 2 aromatic carbocycles. The second-order valence-corrected chi connectivity index (χ2v) is 6.03. The van der Waals surface area contributed by atoms with Crippen molar-refractivity contribution in [3.05, 3.63) is 59.7 Å². The molecular weight excluding hydrogens is 326 g/mol. The van der Waals surface area contributed by atoms with E-state index in [1.165, 1.54) is 13.0 Å². The number of halogens is 2. The summed E-state index contributed by atoms with van der Waals surface area (Å²) in [6.45, 7) is 5.10. The zero-order chi connectivity index (χ0) is 18.6. The summed E-state index contributed by atoms with van der Waals surface area (Å²) in [5, 5.41) is 2.69. The molecule has 0 saturated carbocycles. The van der Waals surface area contributed by atoms with E-state index in [-0.39, 0.29) is 12.2 Å². The molecule has 0 saturated heterocycles. The van der Waals surface area contributed by atoms with Crippen molar-refractivity contribution in [1.82, 2.24) is 0 Å². The molecular formula is C19H20F2N2O2. The van der Waals surface area contributed by atoms with Crippen LogP contribution < -0.4 is 10.2 Å². The SMILES string of the molecule is CC(=O)N(CC(=O)Nc1ccc(C(C)C)cc1)c1ccc(F)c(F)c1. The monoisotopic (exact) mass is 346 g/mol. The Morgan fingerprint density at radius 1 is 1.04 bits per heavy atom. The van der Waals surface area contributed by atoms with Gasteiger partial charge in [0.1, 0.15) is 6.54 Å². The van der Waals surface area contributed by atoms with Crippen molar-refractivity contribution in [2.75, 3.05) is 16.8 Å². The number of rotatable bonds is 5. The lowest BCUT2D eigenvalue weighted by Gasteiger charge is -2.21. The molecule has 0 radical (unpaired) electrons. The van der Waals surface area contributed by atoms with Crippen LogP contribution >= 0.6 is 0 Å². The lowest BCUT2D eigenvalue weighted by Crippen LogP contribution is -2.36. The van der Waals surface area contributed by atoms with Gasteiger partial charge in [0.25, 0.3) is 0 Å². The van der Waals surface area contributed by atoms with Crippen LogP contribution in [0.15, 0.2) is 42.5 Å². The van der Waals surface area contributed by atoms with Gasteiger partial charge in [0.15, 0.2) is 11.6 Å². The maximum Gasteiger partial charge on any atom is 0.244 e. The van der Waals surface area contributed by atoms with Crippen molar-refractivity contribution < 1.29 is 18.4 Å². The van der Waals surface area contributed by atoms with Crippen LogP contribution in [0.4, 0.5) is 20.2 Å². The molecule has 0 aromatic heterocycles. The van der Waals surface area contributed by atoms with E-state index in [0.717, 1.165) is 22.6 Å². The highest BCUT2D eigenvalue weighted by molar-refractivity contribution is 6.01. The minimum atomic E-state index is -1.08. The summed E-state index contributed by atoms with van der Waals surface area (Å²) in [4.78, 5) is 25.1. The number of amides is 2. The van der Waals surface area contributed by atoms with Crippen LogP contribution in [-0.4, -0.2) is 18.4 Å². The smallest absolute Gasteiger partial charge is 0.244 e. The Labute approximate surface area is 145 Å². The molecule has 2 amide bonds. The summed E-state index contributed by atoms with van der Waals surface area (Å²) in [5.74, 6) is -2.59. The van der Waals surface area contributed by atoms with Gasteiger partial charge < -0.3 is 10.2 Å². The molecule has 0 fully saturated rings. The second-order valence-electron chi connectivity index (χ2n) is 6.03. The molecule has 4 nitrogen and oxygen atoms in total. The highest BCUT2D eigenvalue weighted by Crippen LogP contribution is 2.19. The fraction of sp³-hybridized carbons (Fsp3) is 0.263. The largest absolute Gasteiger partial charge is 0.325 e. The summed E-state index contributed by atoms with van der Waals surface area (Å²) in [7, 11) is 0. The van der Waals surface area contributed by atoms with Crippen molar-refractivity contribution in [2.45, 2.75) is 26.7 Å². The van der Waals surface area contributed by atoms with Crippen LogP contribution in [0.3, 0.4) is 0 Å². The van der Waals surface area contributed by atoms with Crippen molar-refractivity contribution in [1.29, 1.82) is 0 Å². The first-order chi connectivity index (χ1) is 11.8. The predicted octanol–water partition coefficient (Wildman–Crippen LogP) is 4.08. The molecule has 2 aromatic rings. The zero-order valence-electron chi connectivity index (χ0n) is 14.3. The highest BCUT2D eigenvalue weighted by atomic mass is 19.2. The number of hydrogen-bond donors (Lipinski definition) is 1. The third-order valence-electron chi connectivity index (χ3n) is 3.76. The highest BCUT2D eigenvalue weighted by Gasteiger charge is 2.17. The maximum atomic E-state index is 13.4. The number of hydrogen-bond acceptors (Lipinski definition) is 2. The van der Waals surface area contributed by atoms with Crippen molar-refractivity contribution in [3.63, 3.8) is 0 Å². The molecule has 0 atom stereocenters. The molecule has 25 heavy (non-hydrogen) atoms. The third-order valence-corrected chi connectivity index (χ3v) is 3.76. The van der Waals surface area contributed by atoms with E-state index in [4.69, 9.17) is 0 Å². The Morgan fingerprint density at radius 3 is 2.20 bits per heavy atom. The second kappa shape index (κ2) is 7.88. The predicted molar refractivity (Wildman–Crippen MR) is 93.5 cm³/mol. The van der Waals surface area contributed by atoms with Crippen LogP contribution in [0.25, 0.3) is 0 Å². The summed E-state index contributed by atoms with van der Waals surface area (Å²) in [6.07, 6.45) is 0. The van der Waals surface area contributed by atoms with Gasteiger partial charge in [0, 0.05) is 24.4 Å². The number of nitrogens with zero attached hydrogens (tertiary/aromatic N) is 1. The average Bonchev–Trinajstić information content (AvgIpc) is 2.55. The summed E-state index contributed by atoms with van der Waals surface area (Å²) >= 11 is 0. The lowest BCUT2D eigenvalue weighted by atomic mass is 10.0. The normalized spacial score (nSPS) is 10.6.